The average molecular weight is 370 g/mol. The molecule has 9 nitrogen and oxygen atoms in total. The normalized spacial score (nSPS) is 12.8. The first kappa shape index (κ1) is 16.4. The van der Waals surface area contributed by atoms with Crippen LogP contribution in [0.2, 0.25) is 0 Å². The number of rotatable bonds is 2. The smallest absolute Gasteiger partial charge is 0.300 e. The van der Waals surface area contributed by atoms with Gasteiger partial charge in [-0.05, 0) is 30.3 Å². The van der Waals surface area contributed by atoms with Crippen molar-refractivity contribution < 1.29 is 30.4 Å². The standard InChI is InChI=1S/C13H10N2O7S2/c14-8-3-1-6-5-7-2-4-9(15)13(24(19,20)21)11(7)22-10(6)12(8)23(16,17)18/h1-5,14H,15H2,(H,16,17,18)(H,19,20,21). The second-order valence-electron chi connectivity index (χ2n) is 4.96. The molecule has 0 saturated heterocycles. The van der Waals surface area contributed by atoms with E-state index < -0.39 is 41.1 Å². The molecule has 5 N–H and O–H groups in total. The molecule has 0 spiro atoms. The topological polar surface area (TPSA) is 172 Å². The highest BCUT2D eigenvalue weighted by molar-refractivity contribution is 7.86. The zero-order valence-corrected chi connectivity index (χ0v) is 13.3. The molecule has 2 aliphatic rings. The molecule has 1 aliphatic carbocycles. The van der Waals surface area contributed by atoms with Crippen molar-refractivity contribution in [1.29, 1.82) is 5.41 Å². The first-order chi connectivity index (χ1) is 11.0. The summed E-state index contributed by atoms with van der Waals surface area (Å²) in [5, 5.41) is 7.33. The molecule has 3 rings (SSSR count). The van der Waals surface area contributed by atoms with Gasteiger partial charge in [0.05, 0.1) is 11.0 Å². The third-order valence-electron chi connectivity index (χ3n) is 3.35. The van der Waals surface area contributed by atoms with Crippen LogP contribution in [-0.2, 0) is 20.2 Å². The van der Waals surface area contributed by atoms with Crippen LogP contribution in [0, 0.1) is 5.41 Å². The van der Waals surface area contributed by atoms with E-state index in [0.29, 0.717) is 0 Å². The van der Waals surface area contributed by atoms with Gasteiger partial charge in [-0.1, -0.05) is 0 Å². The van der Waals surface area contributed by atoms with Gasteiger partial charge in [0, 0.05) is 10.9 Å². The predicted molar refractivity (Wildman–Crippen MR) is 82.7 cm³/mol. The molecule has 1 aliphatic heterocycles. The number of hydrogen-bond acceptors (Lipinski definition) is 7. The Labute approximate surface area is 135 Å². The molecule has 11 heteroatoms. The number of nitrogens with two attached hydrogens (primary N) is 1. The van der Waals surface area contributed by atoms with E-state index in [2.05, 4.69) is 0 Å². The lowest BCUT2D eigenvalue weighted by atomic mass is 10.1. The summed E-state index contributed by atoms with van der Waals surface area (Å²) in [6, 6.07) is 6.57. The largest absolute Gasteiger partial charge is 0.453 e. The molecule has 0 amide bonds. The predicted octanol–water partition coefficient (Wildman–Crippen LogP) is 1.09. The van der Waals surface area contributed by atoms with E-state index in [1.54, 1.807) is 0 Å². The van der Waals surface area contributed by atoms with Gasteiger partial charge in [-0.15, -0.1) is 0 Å². The van der Waals surface area contributed by atoms with E-state index in [1.165, 1.54) is 24.3 Å². The zero-order chi connectivity index (χ0) is 17.9. The van der Waals surface area contributed by atoms with Gasteiger partial charge < -0.3 is 10.2 Å². The number of benzene rings is 2. The van der Waals surface area contributed by atoms with Crippen LogP contribution in [0.25, 0.3) is 22.3 Å². The van der Waals surface area contributed by atoms with Gasteiger partial charge in [-0.25, -0.2) is 0 Å². The van der Waals surface area contributed by atoms with Crippen LogP contribution in [0.4, 0.5) is 5.69 Å². The van der Waals surface area contributed by atoms with E-state index >= 15 is 0 Å². The van der Waals surface area contributed by atoms with Crippen LogP contribution >= 0.6 is 0 Å². The summed E-state index contributed by atoms with van der Waals surface area (Å²) in [6.45, 7) is 0. The summed E-state index contributed by atoms with van der Waals surface area (Å²) in [4.78, 5) is -1.54. The fraction of sp³-hybridized carbons (Fsp3) is 0. The minimum Gasteiger partial charge on any atom is -0.453 e. The first-order valence-corrected chi connectivity index (χ1v) is 9.17. The molecule has 1 heterocycles. The van der Waals surface area contributed by atoms with Crippen LogP contribution in [0.1, 0.15) is 0 Å². The van der Waals surface area contributed by atoms with Crippen molar-refractivity contribution in [3.05, 3.63) is 35.7 Å². The summed E-state index contributed by atoms with van der Waals surface area (Å²) < 4.78 is 70.2. The number of fused-ring (bicyclic) bond motifs is 2. The maximum Gasteiger partial charge on any atom is 0.300 e. The lowest BCUT2D eigenvalue weighted by molar-refractivity contribution is 0.477. The molecular weight excluding hydrogens is 360 g/mol. The van der Waals surface area contributed by atoms with Crippen LogP contribution in [-0.4, -0.2) is 25.9 Å². The Morgan fingerprint density at radius 1 is 0.958 bits per heavy atom. The Balaban J connectivity index is 2.63. The van der Waals surface area contributed by atoms with Crippen molar-refractivity contribution in [2.24, 2.45) is 0 Å². The van der Waals surface area contributed by atoms with Crippen LogP contribution in [0.15, 0.2) is 44.5 Å². The van der Waals surface area contributed by atoms with Crippen LogP contribution in [0.5, 0.6) is 0 Å². The molecule has 24 heavy (non-hydrogen) atoms. The highest BCUT2D eigenvalue weighted by Crippen LogP contribution is 2.36. The maximum absolute atomic E-state index is 11.6. The molecule has 1 aromatic rings. The van der Waals surface area contributed by atoms with Gasteiger partial charge in [-0.3, -0.25) is 14.5 Å². The van der Waals surface area contributed by atoms with E-state index in [4.69, 9.17) is 15.6 Å². The molecule has 126 valence electrons. The fourth-order valence-corrected chi connectivity index (χ4v) is 3.90. The SMILES string of the molecule is N=c1ccc2cc3ccc(N)c(S(=O)(=O)O)c3oc-2c1S(=O)(=O)O. The quantitative estimate of drug-likeness (QED) is 0.295. The van der Waals surface area contributed by atoms with Crippen molar-refractivity contribution in [3.63, 3.8) is 0 Å². The molecule has 1 aromatic carbocycles. The molecule has 0 saturated carbocycles. The van der Waals surface area contributed by atoms with Crippen molar-refractivity contribution in [3.8, 4) is 11.3 Å². The average Bonchev–Trinajstić information content (AvgIpc) is 2.42. The second-order valence-corrected chi connectivity index (χ2v) is 7.68. The van der Waals surface area contributed by atoms with E-state index in [0.717, 1.165) is 6.07 Å². The van der Waals surface area contributed by atoms with Gasteiger partial charge in [0.1, 0.15) is 0 Å². The minimum absolute atomic E-state index is 0.206. The Kier molecular flexibility index (Phi) is 3.42. The molecule has 0 radical (unpaired) electrons. The molecule has 0 atom stereocenters. The Morgan fingerprint density at radius 2 is 1.58 bits per heavy atom. The summed E-state index contributed by atoms with van der Waals surface area (Å²) >= 11 is 0. The Morgan fingerprint density at radius 3 is 2.17 bits per heavy atom. The van der Waals surface area contributed by atoms with Crippen molar-refractivity contribution in [2.75, 3.05) is 5.73 Å². The van der Waals surface area contributed by atoms with Gasteiger partial charge in [0.2, 0.25) is 0 Å². The van der Waals surface area contributed by atoms with Gasteiger partial charge >= 0.3 is 0 Å². The molecule has 0 fully saturated rings. The van der Waals surface area contributed by atoms with Gasteiger partial charge in [-0.2, -0.15) is 16.8 Å². The van der Waals surface area contributed by atoms with E-state index in [-0.39, 0.29) is 22.2 Å². The van der Waals surface area contributed by atoms with Crippen molar-refractivity contribution in [2.45, 2.75) is 9.79 Å². The monoisotopic (exact) mass is 370 g/mol. The third kappa shape index (κ3) is 2.53. The highest BCUT2D eigenvalue weighted by Gasteiger charge is 2.26. The summed E-state index contributed by atoms with van der Waals surface area (Å²) in [6.07, 6.45) is 0. The summed E-state index contributed by atoms with van der Waals surface area (Å²) in [7, 11) is -9.58. The Hall–Kier alpha value is -2.47. The minimum atomic E-state index is -4.81. The fourth-order valence-electron chi connectivity index (χ4n) is 2.40. The van der Waals surface area contributed by atoms with Gasteiger partial charge in [0.25, 0.3) is 20.2 Å². The van der Waals surface area contributed by atoms with Crippen LogP contribution in [0.3, 0.4) is 0 Å². The first-order valence-electron chi connectivity index (χ1n) is 6.29. The number of hydrogen-bond donors (Lipinski definition) is 4. The van der Waals surface area contributed by atoms with Crippen LogP contribution < -0.4 is 11.1 Å². The van der Waals surface area contributed by atoms with Gasteiger partial charge in [0.15, 0.2) is 21.1 Å². The summed E-state index contributed by atoms with van der Waals surface area (Å²) in [5.41, 5.74) is 5.08. The van der Waals surface area contributed by atoms with Crippen molar-refractivity contribution >= 4 is 36.9 Å². The summed E-state index contributed by atoms with van der Waals surface area (Å²) in [5.74, 6) is -0.423. The molecular formula is C13H10N2O7S2. The number of nitrogens with one attached hydrogen (secondary N) is 1. The number of nitrogen functional groups attached to an aromatic ring is 1. The molecule has 0 aromatic heterocycles. The highest BCUT2D eigenvalue weighted by atomic mass is 32.2. The maximum atomic E-state index is 11.6. The molecule has 0 unspecified atom stereocenters. The molecule has 0 bridgehead atoms. The second kappa shape index (κ2) is 5.01. The Bertz CT molecular complexity index is 1230. The van der Waals surface area contributed by atoms with Crippen molar-refractivity contribution in [1.82, 2.24) is 0 Å². The number of anilines is 1. The third-order valence-corrected chi connectivity index (χ3v) is 5.20. The van der Waals surface area contributed by atoms with E-state index in [9.17, 15) is 25.9 Å². The van der Waals surface area contributed by atoms with E-state index in [1.807, 2.05) is 0 Å². The zero-order valence-electron chi connectivity index (χ0n) is 11.7. The lowest BCUT2D eigenvalue weighted by Crippen LogP contribution is -2.15. The lowest BCUT2D eigenvalue weighted by Gasteiger charge is -2.13.